The van der Waals surface area contributed by atoms with Crippen molar-refractivity contribution in [3.63, 3.8) is 0 Å². The van der Waals surface area contributed by atoms with Crippen LogP contribution in [0.3, 0.4) is 0 Å². The fraction of sp³-hybridized carbons (Fsp3) is 0.786. The molecule has 92 valence electrons. The molecule has 0 saturated heterocycles. The highest BCUT2D eigenvalue weighted by Gasteiger charge is 2.51. The Morgan fingerprint density at radius 3 is 2.31 bits per heavy atom. The predicted octanol–water partition coefficient (Wildman–Crippen LogP) is 3.32. The molecule has 16 heavy (non-hydrogen) atoms. The summed E-state index contributed by atoms with van der Waals surface area (Å²) in [7, 11) is 0. The molecule has 2 bridgehead atoms. The van der Waals surface area contributed by atoms with Crippen LogP contribution < -0.4 is 0 Å². The van der Waals surface area contributed by atoms with E-state index in [2.05, 4.69) is 18.6 Å². The van der Waals surface area contributed by atoms with Crippen LogP contribution in [0.2, 0.25) is 0 Å². The van der Waals surface area contributed by atoms with Crippen LogP contribution in [0.15, 0.2) is 0 Å². The molecule has 0 heterocycles. The van der Waals surface area contributed by atoms with Crippen LogP contribution >= 0.6 is 0 Å². The SMILES string of the molecule is C.C.C#COC(=O)C1CC2CC1C(C)C2C. The van der Waals surface area contributed by atoms with Gasteiger partial charge in [-0.05, 0) is 36.5 Å². The number of fused-ring (bicyclic) bond motifs is 2. The maximum atomic E-state index is 11.5. The molecule has 0 aromatic rings. The van der Waals surface area contributed by atoms with E-state index >= 15 is 0 Å². The Labute approximate surface area is 99.8 Å². The van der Waals surface area contributed by atoms with Crippen LogP contribution in [0.25, 0.3) is 0 Å². The van der Waals surface area contributed by atoms with E-state index in [4.69, 9.17) is 6.42 Å². The number of carbonyl (C=O) groups is 1. The van der Waals surface area contributed by atoms with E-state index in [1.165, 1.54) is 6.42 Å². The molecule has 0 aromatic carbocycles. The molecule has 2 aliphatic rings. The molecule has 2 fully saturated rings. The van der Waals surface area contributed by atoms with E-state index in [9.17, 15) is 4.79 Å². The van der Waals surface area contributed by atoms with E-state index in [1.807, 2.05) is 6.11 Å². The normalized spacial score (nSPS) is 39.2. The number of carbonyl (C=O) groups excluding carboxylic acids is 1. The van der Waals surface area contributed by atoms with Gasteiger partial charge in [0.1, 0.15) is 6.11 Å². The topological polar surface area (TPSA) is 26.3 Å². The summed E-state index contributed by atoms with van der Waals surface area (Å²) in [5.41, 5.74) is 0. The van der Waals surface area contributed by atoms with E-state index in [0.29, 0.717) is 17.8 Å². The number of ether oxygens (including phenoxy) is 1. The van der Waals surface area contributed by atoms with Crippen LogP contribution in [0.5, 0.6) is 0 Å². The highest BCUT2D eigenvalue weighted by atomic mass is 16.5. The van der Waals surface area contributed by atoms with Gasteiger partial charge in [-0.2, -0.15) is 0 Å². The molecule has 0 amide bonds. The van der Waals surface area contributed by atoms with Gasteiger partial charge in [0.25, 0.3) is 0 Å². The molecule has 2 heteroatoms. The lowest BCUT2D eigenvalue weighted by Crippen LogP contribution is -2.30. The lowest BCUT2D eigenvalue weighted by atomic mass is 9.76. The van der Waals surface area contributed by atoms with Crippen molar-refractivity contribution in [2.45, 2.75) is 41.5 Å². The van der Waals surface area contributed by atoms with Crippen molar-refractivity contribution in [2.75, 3.05) is 0 Å². The molecule has 5 unspecified atom stereocenters. The van der Waals surface area contributed by atoms with Crippen molar-refractivity contribution in [3.8, 4) is 12.5 Å². The monoisotopic (exact) mass is 224 g/mol. The molecule has 0 aromatic heterocycles. The van der Waals surface area contributed by atoms with Crippen LogP contribution in [-0.4, -0.2) is 5.97 Å². The van der Waals surface area contributed by atoms with Gasteiger partial charge in [0.05, 0.1) is 5.92 Å². The Balaban J connectivity index is 0.00000112. The molecule has 5 atom stereocenters. The van der Waals surface area contributed by atoms with Crippen molar-refractivity contribution in [1.29, 1.82) is 0 Å². The van der Waals surface area contributed by atoms with Gasteiger partial charge in [-0.3, -0.25) is 4.79 Å². The number of rotatable bonds is 1. The minimum atomic E-state index is -0.182. The van der Waals surface area contributed by atoms with Crippen LogP contribution in [0.4, 0.5) is 0 Å². The van der Waals surface area contributed by atoms with Gasteiger partial charge in [0, 0.05) is 0 Å². The molecule has 2 saturated carbocycles. The summed E-state index contributed by atoms with van der Waals surface area (Å²) < 4.78 is 4.65. The number of hydrogen-bond acceptors (Lipinski definition) is 2. The maximum absolute atomic E-state index is 11.5. The van der Waals surface area contributed by atoms with Crippen molar-refractivity contribution in [3.05, 3.63) is 0 Å². The molecule has 0 N–H and O–H groups in total. The smallest absolute Gasteiger partial charge is 0.323 e. The molecule has 0 radical (unpaired) electrons. The van der Waals surface area contributed by atoms with Gasteiger partial charge in [-0.1, -0.05) is 35.1 Å². The lowest BCUT2D eigenvalue weighted by Gasteiger charge is -2.29. The highest BCUT2D eigenvalue weighted by molar-refractivity contribution is 5.74. The zero-order valence-corrected chi connectivity index (χ0v) is 8.69. The fourth-order valence-corrected chi connectivity index (χ4v) is 3.35. The van der Waals surface area contributed by atoms with Crippen molar-refractivity contribution >= 4 is 5.97 Å². The zero-order chi connectivity index (χ0) is 10.3. The van der Waals surface area contributed by atoms with Crippen LogP contribution in [0, 0.1) is 42.1 Å². The van der Waals surface area contributed by atoms with E-state index in [1.54, 1.807) is 0 Å². The maximum Gasteiger partial charge on any atom is 0.323 e. The summed E-state index contributed by atoms with van der Waals surface area (Å²) >= 11 is 0. The standard InChI is InChI=1S/C12H16O2.2CH4/c1-4-14-12(13)11-6-9-5-10(11)8(3)7(9)2;;/h1,7-11H,5-6H2,2-3H3;2*1H4. The van der Waals surface area contributed by atoms with Crippen LogP contribution in [-0.2, 0) is 9.53 Å². The molecular weight excluding hydrogens is 200 g/mol. The fourth-order valence-electron chi connectivity index (χ4n) is 3.35. The van der Waals surface area contributed by atoms with Gasteiger partial charge in [0.15, 0.2) is 0 Å². The Morgan fingerprint density at radius 2 is 1.88 bits per heavy atom. The third-order valence-electron chi connectivity index (χ3n) is 4.36. The average Bonchev–Trinajstić information content (AvgIpc) is 2.68. The van der Waals surface area contributed by atoms with Gasteiger partial charge in [-0.15, -0.1) is 0 Å². The van der Waals surface area contributed by atoms with Gasteiger partial charge in [0.2, 0.25) is 0 Å². The molecule has 2 rings (SSSR count). The number of hydrogen-bond donors (Lipinski definition) is 0. The first-order chi connectivity index (χ1) is 6.65. The minimum Gasteiger partial charge on any atom is -0.372 e. The first-order valence-corrected chi connectivity index (χ1v) is 5.31. The Bertz CT molecular complexity index is 288. The Morgan fingerprint density at radius 1 is 1.25 bits per heavy atom. The highest BCUT2D eigenvalue weighted by Crippen LogP contribution is 2.55. The molecule has 0 spiro atoms. The second-order valence-electron chi connectivity index (χ2n) is 4.76. The third kappa shape index (κ3) is 2.09. The first-order valence-electron chi connectivity index (χ1n) is 5.31. The summed E-state index contributed by atoms with van der Waals surface area (Å²) in [5, 5.41) is 0. The summed E-state index contributed by atoms with van der Waals surface area (Å²) in [5.74, 6) is 2.51. The largest absolute Gasteiger partial charge is 0.372 e. The summed E-state index contributed by atoms with van der Waals surface area (Å²) in [6, 6.07) is 0. The van der Waals surface area contributed by atoms with Gasteiger partial charge < -0.3 is 4.74 Å². The summed E-state index contributed by atoms with van der Waals surface area (Å²) in [4.78, 5) is 11.5. The third-order valence-corrected chi connectivity index (χ3v) is 4.36. The van der Waals surface area contributed by atoms with E-state index in [0.717, 1.165) is 12.3 Å². The first kappa shape index (κ1) is 15.0. The second kappa shape index (κ2) is 5.39. The van der Waals surface area contributed by atoms with Crippen molar-refractivity contribution in [2.24, 2.45) is 29.6 Å². The molecular formula is C14H24O2. The Kier molecular flexibility index (Phi) is 5.06. The number of terminal acetylenes is 1. The Hall–Kier alpha value is -0.970. The second-order valence-corrected chi connectivity index (χ2v) is 4.76. The van der Waals surface area contributed by atoms with Crippen LogP contribution in [0.1, 0.15) is 41.5 Å². The summed E-state index contributed by atoms with van der Waals surface area (Å²) in [6.07, 6.45) is 9.11. The van der Waals surface area contributed by atoms with E-state index < -0.39 is 0 Å². The zero-order valence-electron chi connectivity index (χ0n) is 8.69. The quantitative estimate of drug-likeness (QED) is 0.504. The average molecular weight is 224 g/mol. The lowest BCUT2D eigenvalue weighted by molar-refractivity contribution is -0.144. The molecule has 2 nitrogen and oxygen atoms in total. The van der Waals surface area contributed by atoms with E-state index in [-0.39, 0.29) is 26.7 Å². The summed E-state index contributed by atoms with van der Waals surface area (Å²) in [6.45, 7) is 4.53. The molecule has 0 aliphatic heterocycles. The van der Waals surface area contributed by atoms with Crippen molar-refractivity contribution < 1.29 is 9.53 Å². The minimum absolute atomic E-state index is 0. The molecule has 2 aliphatic carbocycles. The van der Waals surface area contributed by atoms with Gasteiger partial charge >= 0.3 is 5.97 Å². The number of esters is 1. The van der Waals surface area contributed by atoms with Crippen molar-refractivity contribution in [1.82, 2.24) is 0 Å². The predicted molar refractivity (Wildman–Crippen MR) is 66.4 cm³/mol. The van der Waals surface area contributed by atoms with Gasteiger partial charge in [-0.25, -0.2) is 0 Å².